The molecule has 0 saturated carbocycles. The van der Waals surface area contributed by atoms with Gasteiger partial charge in [-0.25, -0.2) is 0 Å². The van der Waals surface area contributed by atoms with Crippen molar-refractivity contribution >= 4 is 11.6 Å². The highest BCUT2D eigenvalue weighted by Gasteiger charge is 2.35. The summed E-state index contributed by atoms with van der Waals surface area (Å²) < 4.78 is 40.9. The molecule has 1 amide bonds. The number of unbranched alkanes of at least 4 members (excludes halogenated alkanes) is 2. The summed E-state index contributed by atoms with van der Waals surface area (Å²) in [4.78, 5) is 13.0. The summed E-state index contributed by atoms with van der Waals surface area (Å²) in [5.41, 5.74) is 1.40. The number of nitrogens with one attached hydrogen (secondary N) is 1. The van der Waals surface area contributed by atoms with Gasteiger partial charge in [0, 0.05) is 12.1 Å². The monoisotopic (exact) mass is 449 g/mol. The number of alkyl halides is 3. The number of aliphatic hydroxyl groups excluding tert-OH is 1. The van der Waals surface area contributed by atoms with Gasteiger partial charge in [-0.15, -0.1) is 0 Å². The van der Waals surface area contributed by atoms with Crippen LogP contribution in [0.25, 0.3) is 0 Å². The van der Waals surface area contributed by atoms with Crippen LogP contribution in [0.15, 0.2) is 42.5 Å². The lowest BCUT2D eigenvalue weighted by Crippen LogP contribution is -2.21. The van der Waals surface area contributed by atoms with E-state index < -0.39 is 17.7 Å². The van der Waals surface area contributed by atoms with E-state index in [1.165, 1.54) is 12.1 Å². The van der Waals surface area contributed by atoms with E-state index in [1.54, 1.807) is 12.1 Å². The molecule has 2 aromatic rings. The highest BCUT2D eigenvalue weighted by molar-refractivity contribution is 5.92. The second-order valence-corrected chi connectivity index (χ2v) is 9.32. The molecule has 0 aliphatic heterocycles. The number of aliphatic hydroxyl groups is 1. The molecule has 1 unspecified atom stereocenters. The van der Waals surface area contributed by atoms with Gasteiger partial charge in [0.2, 0.25) is 5.91 Å². The smallest absolute Gasteiger partial charge is 0.392 e. The number of amides is 1. The van der Waals surface area contributed by atoms with Crippen molar-refractivity contribution in [2.24, 2.45) is 0 Å². The van der Waals surface area contributed by atoms with E-state index in [0.717, 1.165) is 30.9 Å². The Hall–Kier alpha value is -2.34. The first-order valence-electron chi connectivity index (χ1n) is 11.2. The standard InChI is InChI=1S/C26H34F3NO2/c1-5-6-7-10-19(20-11-8-9-12-21(20)26(27,28)29)16-24(32)30-23-15-18(17-31)13-14-22(23)25(2,3)4/h8-9,11-15,19,31H,5-7,10,16-17H2,1-4H3,(H,30,32). The van der Waals surface area contributed by atoms with E-state index in [2.05, 4.69) is 5.32 Å². The van der Waals surface area contributed by atoms with Crippen molar-refractivity contribution in [3.8, 4) is 0 Å². The quantitative estimate of drug-likeness (QED) is 0.398. The predicted molar refractivity (Wildman–Crippen MR) is 123 cm³/mol. The fraction of sp³-hybridized carbons (Fsp3) is 0.500. The molecule has 0 spiro atoms. The lowest BCUT2D eigenvalue weighted by atomic mass is 9.84. The van der Waals surface area contributed by atoms with Crippen molar-refractivity contribution in [2.45, 2.75) is 83.9 Å². The first kappa shape index (κ1) is 25.9. The largest absolute Gasteiger partial charge is 0.416 e. The van der Waals surface area contributed by atoms with Crippen LogP contribution in [-0.2, 0) is 23.0 Å². The van der Waals surface area contributed by atoms with E-state index in [4.69, 9.17) is 0 Å². The normalized spacial score (nSPS) is 13.1. The molecule has 2 rings (SSSR count). The summed E-state index contributed by atoms with van der Waals surface area (Å²) >= 11 is 0. The van der Waals surface area contributed by atoms with Gasteiger partial charge in [-0.1, -0.05) is 77.3 Å². The molecule has 0 radical (unpaired) electrons. The highest BCUT2D eigenvalue weighted by atomic mass is 19.4. The zero-order valence-electron chi connectivity index (χ0n) is 19.4. The van der Waals surface area contributed by atoms with Gasteiger partial charge in [-0.3, -0.25) is 4.79 Å². The molecule has 6 heteroatoms. The molecule has 2 N–H and O–H groups in total. The Bertz CT molecular complexity index is 901. The lowest BCUT2D eigenvalue weighted by molar-refractivity contribution is -0.138. The van der Waals surface area contributed by atoms with Crippen LogP contribution in [0.1, 0.15) is 88.0 Å². The minimum atomic E-state index is -4.47. The SMILES string of the molecule is CCCCCC(CC(=O)Nc1cc(CO)ccc1C(C)(C)C)c1ccccc1C(F)(F)F. The van der Waals surface area contributed by atoms with Gasteiger partial charge in [-0.2, -0.15) is 13.2 Å². The van der Waals surface area contributed by atoms with Crippen molar-refractivity contribution in [3.05, 3.63) is 64.7 Å². The van der Waals surface area contributed by atoms with Gasteiger partial charge in [-0.05, 0) is 46.6 Å². The number of benzene rings is 2. The van der Waals surface area contributed by atoms with E-state index >= 15 is 0 Å². The molecule has 0 fully saturated rings. The van der Waals surface area contributed by atoms with Crippen molar-refractivity contribution in [3.63, 3.8) is 0 Å². The average molecular weight is 450 g/mol. The van der Waals surface area contributed by atoms with Crippen LogP contribution in [0.5, 0.6) is 0 Å². The topological polar surface area (TPSA) is 49.3 Å². The summed E-state index contributed by atoms with van der Waals surface area (Å²) in [6, 6.07) is 11.0. The zero-order valence-corrected chi connectivity index (χ0v) is 19.4. The van der Waals surface area contributed by atoms with Crippen molar-refractivity contribution in [1.82, 2.24) is 0 Å². The number of carbonyl (C=O) groups excluding carboxylic acids is 1. The summed E-state index contributed by atoms with van der Waals surface area (Å²) in [7, 11) is 0. The van der Waals surface area contributed by atoms with E-state index in [0.29, 0.717) is 17.7 Å². The number of halogens is 3. The molecule has 0 aromatic heterocycles. The summed E-state index contributed by atoms with van der Waals surface area (Å²) in [5, 5.41) is 12.4. The Kier molecular flexibility index (Phi) is 8.90. The molecule has 2 aromatic carbocycles. The third kappa shape index (κ3) is 7.09. The number of rotatable bonds is 9. The van der Waals surface area contributed by atoms with Crippen LogP contribution in [0, 0.1) is 0 Å². The molecule has 1 atom stereocenters. The molecule has 176 valence electrons. The van der Waals surface area contributed by atoms with Crippen molar-refractivity contribution in [1.29, 1.82) is 0 Å². The van der Waals surface area contributed by atoms with E-state index in [1.807, 2.05) is 39.8 Å². The lowest BCUT2D eigenvalue weighted by Gasteiger charge is -2.25. The number of hydrogen-bond donors (Lipinski definition) is 2. The molecule has 0 bridgehead atoms. The van der Waals surface area contributed by atoms with Gasteiger partial charge >= 0.3 is 6.18 Å². The summed E-state index contributed by atoms with van der Waals surface area (Å²) in [5.74, 6) is -0.859. The zero-order chi connectivity index (χ0) is 23.9. The third-order valence-corrected chi connectivity index (χ3v) is 5.64. The molecule has 0 saturated heterocycles. The van der Waals surface area contributed by atoms with Gasteiger partial charge < -0.3 is 10.4 Å². The number of hydrogen-bond acceptors (Lipinski definition) is 2. The van der Waals surface area contributed by atoms with Crippen molar-refractivity contribution in [2.75, 3.05) is 5.32 Å². The van der Waals surface area contributed by atoms with Crippen molar-refractivity contribution < 1.29 is 23.1 Å². The minimum Gasteiger partial charge on any atom is -0.392 e. The van der Waals surface area contributed by atoms with E-state index in [-0.39, 0.29) is 29.9 Å². The average Bonchev–Trinajstić information content (AvgIpc) is 2.71. The maximum absolute atomic E-state index is 13.6. The fourth-order valence-corrected chi connectivity index (χ4v) is 3.99. The molecule has 32 heavy (non-hydrogen) atoms. The summed E-state index contributed by atoms with van der Waals surface area (Å²) in [6.45, 7) is 7.93. The predicted octanol–water partition coefficient (Wildman–Crippen LogP) is 7.19. The van der Waals surface area contributed by atoms with Crippen LogP contribution >= 0.6 is 0 Å². The van der Waals surface area contributed by atoms with Crippen LogP contribution in [0.2, 0.25) is 0 Å². The molecule has 0 aliphatic rings. The highest BCUT2D eigenvalue weighted by Crippen LogP contribution is 2.38. The van der Waals surface area contributed by atoms with Crippen LogP contribution in [-0.4, -0.2) is 11.0 Å². The third-order valence-electron chi connectivity index (χ3n) is 5.64. The van der Waals surface area contributed by atoms with Crippen LogP contribution in [0.4, 0.5) is 18.9 Å². The molecule has 3 nitrogen and oxygen atoms in total. The van der Waals surface area contributed by atoms with Gasteiger partial charge in [0.15, 0.2) is 0 Å². The molecule has 0 aliphatic carbocycles. The minimum absolute atomic E-state index is 0.0380. The fourth-order valence-electron chi connectivity index (χ4n) is 3.99. The molecule has 0 heterocycles. The number of anilines is 1. The first-order valence-corrected chi connectivity index (χ1v) is 11.2. The van der Waals surface area contributed by atoms with Crippen LogP contribution in [0.3, 0.4) is 0 Å². The number of carbonyl (C=O) groups is 1. The molecular weight excluding hydrogens is 415 g/mol. The Morgan fingerprint density at radius 3 is 2.31 bits per heavy atom. The van der Waals surface area contributed by atoms with E-state index in [9.17, 15) is 23.1 Å². The van der Waals surface area contributed by atoms with Gasteiger partial charge in [0.25, 0.3) is 0 Å². The Morgan fingerprint density at radius 1 is 1.03 bits per heavy atom. The maximum atomic E-state index is 13.6. The first-order chi connectivity index (χ1) is 15.0. The Morgan fingerprint density at radius 2 is 1.72 bits per heavy atom. The van der Waals surface area contributed by atoms with Gasteiger partial charge in [0.05, 0.1) is 12.2 Å². The second kappa shape index (κ2) is 11.0. The summed E-state index contributed by atoms with van der Waals surface area (Å²) in [6.07, 6.45) is -1.39. The second-order valence-electron chi connectivity index (χ2n) is 9.32. The molecular formula is C26H34F3NO2. The maximum Gasteiger partial charge on any atom is 0.416 e. The Balaban J connectivity index is 2.33. The van der Waals surface area contributed by atoms with Crippen LogP contribution < -0.4 is 5.32 Å². The Labute approximate surface area is 189 Å². The van der Waals surface area contributed by atoms with Gasteiger partial charge in [0.1, 0.15) is 0 Å².